The second kappa shape index (κ2) is 9.08. The zero-order valence-electron chi connectivity index (χ0n) is 17.9. The first-order chi connectivity index (χ1) is 16.1. The molecule has 0 radical (unpaired) electrons. The summed E-state index contributed by atoms with van der Waals surface area (Å²) in [7, 11) is 0. The standard InChI is InChI=1S/C27H23NO4S/c29-26(30)24(11-9-17-10-12-25-18(15-17)13-14-33-25)28-27(31)32-16-23-21-7-3-1-5-19(21)20-6-2-4-8-22(20)23/h1-8,10,12-15,23-24H,9,11,16H2,(H,28,31)(H,29,30). The molecule has 0 saturated carbocycles. The highest BCUT2D eigenvalue weighted by Crippen LogP contribution is 2.44. The van der Waals surface area contributed by atoms with Crippen molar-refractivity contribution in [2.24, 2.45) is 0 Å². The Morgan fingerprint density at radius 3 is 2.36 bits per heavy atom. The van der Waals surface area contributed by atoms with Gasteiger partial charge in [-0.3, -0.25) is 0 Å². The van der Waals surface area contributed by atoms with Gasteiger partial charge in [0, 0.05) is 10.6 Å². The molecule has 1 atom stereocenters. The van der Waals surface area contributed by atoms with E-state index in [2.05, 4.69) is 23.5 Å². The van der Waals surface area contributed by atoms with E-state index in [0.717, 1.165) is 33.2 Å². The van der Waals surface area contributed by atoms with Crippen LogP contribution in [0, 0.1) is 0 Å². The summed E-state index contributed by atoms with van der Waals surface area (Å²) in [6.07, 6.45) is 0.124. The number of hydrogen-bond acceptors (Lipinski definition) is 4. The maximum absolute atomic E-state index is 12.5. The first-order valence-electron chi connectivity index (χ1n) is 10.9. The number of amides is 1. The smallest absolute Gasteiger partial charge is 0.407 e. The molecule has 0 aliphatic heterocycles. The lowest BCUT2D eigenvalue weighted by Crippen LogP contribution is -2.41. The summed E-state index contributed by atoms with van der Waals surface area (Å²) in [6, 6.07) is 23.3. The van der Waals surface area contributed by atoms with Gasteiger partial charge in [0.05, 0.1) is 0 Å². The maximum atomic E-state index is 12.5. The average Bonchev–Trinajstić information content (AvgIpc) is 3.42. The Hall–Kier alpha value is -3.64. The molecule has 1 aliphatic rings. The van der Waals surface area contributed by atoms with Crippen LogP contribution >= 0.6 is 11.3 Å². The third-order valence-electron chi connectivity index (χ3n) is 6.17. The molecule has 1 unspecified atom stereocenters. The molecule has 1 heterocycles. The van der Waals surface area contributed by atoms with Crippen LogP contribution in [0.4, 0.5) is 4.79 Å². The number of carboxylic acids is 1. The van der Waals surface area contributed by atoms with Crippen molar-refractivity contribution in [3.05, 3.63) is 94.9 Å². The number of carboxylic acid groups (broad SMARTS) is 1. The van der Waals surface area contributed by atoms with Crippen molar-refractivity contribution in [3.8, 4) is 11.1 Å². The van der Waals surface area contributed by atoms with E-state index >= 15 is 0 Å². The molecule has 0 saturated heterocycles. The third kappa shape index (κ3) is 4.34. The monoisotopic (exact) mass is 457 g/mol. The summed E-state index contributed by atoms with van der Waals surface area (Å²) in [4.78, 5) is 24.2. The predicted octanol–water partition coefficient (Wildman–Crippen LogP) is 5.83. The number of aryl methyl sites for hydroxylation is 1. The zero-order valence-corrected chi connectivity index (χ0v) is 18.7. The maximum Gasteiger partial charge on any atom is 0.407 e. The van der Waals surface area contributed by atoms with Crippen molar-refractivity contribution in [3.63, 3.8) is 0 Å². The van der Waals surface area contributed by atoms with Crippen LogP contribution in [-0.2, 0) is 16.0 Å². The van der Waals surface area contributed by atoms with E-state index in [1.54, 1.807) is 11.3 Å². The highest BCUT2D eigenvalue weighted by atomic mass is 32.1. The Morgan fingerprint density at radius 2 is 1.67 bits per heavy atom. The number of thiophene rings is 1. The number of hydrogen-bond donors (Lipinski definition) is 2. The Labute approximate surface area is 195 Å². The fraction of sp³-hybridized carbons (Fsp3) is 0.185. The van der Waals surface area contributed by atoms with Crippen LogP contribution < -0.4 is 5.32 Å². The van der Waals surface area contributed by atoms with Gasteiger partial charge < -0.3 is 15.2 Å². The van der Waals surface area contributed by atoms with Gasteiger partial charge in [0.1, 0.15) is 12.6 Å². The SMILES string of the molecule is O=C(NC(CCc1ccc2sccc2c1)C(=O)O)OCC1c2ccccc2-c2ccccc21. The van der Waals surface area contributed by atoms with Crippen molar-refractivity contribution in [1.29, 1.82) is 0 Å². The molecule has 5 nitrogen and oxygen atoms in total. The van der Waals surface area contributed by atoms with Gasteiger partial charge in [-0.15, -0.1) is 11.3 Å². The van der Waals surface area contributed by atoms with Crippen LogP contribution in [0.15, 0.2) is 78.2 Å². The number of rotatable bonds is 7. The van der Waals surface area contributed by atoms with Gasteiger partial charge in [-0.05, 0) is 63.6 Å². The molecular weight excluding hydrogens is 434 g/mol. The molecule has 5 rings (SSSR count). The number of carbonyl (C=O) groups is 2. The van der Waals surface area contributed by atoms with Crippen molar-refractivity contribution in [2.75, 3.05) is 6.61 Å². The molecule has 3 aromatic carbocycles. The minimum Gasteiger partial charge on any atom is -0.480 e. The fourth-order valence-corrected chi connectivity index (χ4v) is 5.29. The number of aliphatic carboxylic acids is 1. The van der Waals surface area contributed by atoms with Gasteiger partial charge in [-0.2, -0.15) is 0 Å². The summed E-state index contributed by atoms with van der Waals surface area (Å²) in [6.45, 7) is 0.154. The summed E-state index contributed by atoms with van der Waals surface area (Å²) >= 11 is 1.67. The minimum atomic E-state index is -1.07. The van der Waals surface area contributed by atoms with Gasteiger partial charge in [0.2, 0.25) is 0 Å². The fourth-order valence-electron chi connectivity index (χ4n) is 4.52. The number of nitrogens with one attached hydrogen (secondary N) is 1. The normalized spacial score (nSPS) is 13.3. The highest BCUT2D eigenvalue weighted by molar-refractivity contribution is 7.17. The van der Waals surface area contributed by atoms with Crippen LogP contribution in [0.2, 0.25) is 0 Å². The first kappa shape index (κ1) is 21.2. The molecule has 1 aromatic heterocycles. The summed E-state index contributed by atoms with van der Waals surface area (Å²) in [5.74, 6) is -1.14. The highest BCUT2D eigenvalue weighted by Gasteiger charge is 2.29. The molecule has 33 heavy (non-hydrogen) atoms. The average molecular weight is 458 g/mol. The molecule has 4 aromatic rings. The molecule has 0 bridgehead atoms. The van der Waals surface area contributed by atoms with Crippen molar-refractivity contribution < 1.29 is 19.4 Å². The second-order valence-electron chi connectivity index (χ2n) is 8.19. The first-order valence-corrected chi connectivity index (χ1v) is 11.8. The van der Waals surface area contributed by atoms with Crippen LogP contribution in [0.25, 0.3) is 21.2 Å². The molecule has 1 aliphatic carbocycles. The third-order valence-corrected chi connectivity index (χ3v) is 7.07. The quantitative estimate of drug-likeness (QED) is 0.366. The Morgan fingerprint density at radius 1 is 0.970 bits per heavy atom. The van der Waals surface area contributed by atoms with E-state index in [0.29, 0.717) is 6.42 Å². The lowest BCUT2D eigenvalue weighted by molar-refractivity contribution is -0.139. The minimum absolute atomic E-state index is 0.0660. The van der Waals surface area contributed by atoms with E-state index in [1.165, 1.54) is 4.70 Å². The number of ether oxygens (including phenoxy) is 1. The van der Waals surface area contributed by atoms with Crippen LogP contribution in [0.3, 0.4) is 0 Å². The van der Waals surface area contributed by atoms with Crippen molar-refractivity contribution in [1.82, 2.24) is 5.32 Å². The number of alkyl carbamates (subject to hydrolysis) is 1. The Bertz CT molecular complexity index is 1280. The van der Waals surface area contributed by atoms with Gasteiger partial charge in [-0.25, -0.2) is 9.59 Å². The van der Waals surface area contributed by atoms with Crippen LogP contribution in [0.5, 0.6) is 0 Å². The molecule has 6 heteroatoms. The van der Waals surface area contributed by atoms with Crippen LogP contribution in [0.1, 0.15) is 29.0 Å². The molecule has 0 fully saturated rings. The topological polar surface area (TPSA) is 75.6 Å². The number of benzene rings is 3. The van der Waals surface area contributed by atoms with Gasteiger partial charge in [0.25, 0.3) is 0 Å². The van der Waals surface area contributed by atoms with E-state index in [-0.39, 0.29) is 18.9 Å². The molecule has 1 amide bonds. The lowest BCUT2D eigenvalue weighted by atomic mass is 9.98. The van der Waals surface area contributed by atoms with E-state index < -0.39 is 18.1 Å². The Balaban J connectivity index is 1.21. The summed E-state index contributed by atoms with van der Waals surface area (Å²) < 4.78 is 6.71. The predicted molar refractivity (Wildman–Crippen MR) is 130 cm³/mol. The number of fused-ring (bicyclic) bond motifs is 4. The van der Waals surface area contributed by atoms with Gasteiger partial charge in [-0.1, -0.05) is 60.7 Å². The lowest BCUT2D eigenvalue weighted by Gasteiger charge is -2.17. The van der Waals surface area contributed by atoms with E-state index in [1.807, 2.05) is 60.0 Å². The molecule has 2 N–H and O–H groups in total. The van der Waals surface area contributed by atoms with E-state index in [4.69, 9.17) is 4.74 Å². The van der Waals surface area contributed by atoms with E-state index in [9.17, 15) is 14.7 Å². The Kier molecular flexibility index (Phi) is 5.84. The number of carbonyl (C=O) groups excluding carboxylic acids is 1. The van der Waals surface area contributed by atoms with Crippen molar-refractivity contribution >= 4 is 33.5 Å². The zero-order chi connectivity index (χ0) is 22.8. The molecule has 166 valence electrons. The summed E-state index contributed by atoms with van der Waals surface area (Å²) in [5, 5.41) is 15.3. The molecular formula is C27H23NO4S. The van der Waals surface area contributed by atoms with Gasteiger partial charge in [0.15, 0.2) is 0 Å². The molecule has 0 spiro atoms. The van der Waals surface area contributed by atoms with Crippen LogP contribution in [-0.4, -0.2) is 29.8 Å². The van der Waals surface area contributed by atoms with Crippen molar-refractivity contribution in [2.45, 2.75) is 24.8 Å². The second-order valence-corrected chi connectivity index (χ2v) is 9.14. The van der Waals surface area contributed by atoms with Gasteiger partial charge >= 0.3 is 12.1 Å². The largest absolute Gasteiger partial charge is 0.480 e. The summed E-state index contributed by atoms with van der Waals surface area (Å²) in [5.41, 5.74) is 5.57.